The summed E-state index contributed by atoms with van der Waals surface area (Å²) in [6.07, 6.45) is 0. The lowest BCUT2D eigenvalue weighted by atomic mass is 10.1. The Labute approximate surface area is 75.5 Å². The number of nitrogens with zero attached hydrogens (tertiary/aromatic N) is 1. The molecular weight excluding hydrogens is 170 g/mol. The number of hydrogen-bond donors (Lipinski definition) is 3. The highest BCUT2D eigenvalue weighted by Crippen LogP contribution is 2.21. The van der Waals surface area contributed by atoms with E-state index in [0.717, 1.165) is 0 Å². The quantitative estimate of drug-likeness (QED) is 0.346. The topological polar surface area (TPSA) is 92.6 Å². The van der Waals surface area contributed by atoms with Crippen LogP contribution in [0.2, 0.25) is 0 Å². The molecule has 1 aromatic carbocycles. The Morgan fingerprint density at radius 2 is 2.15 bits per heavy atom. The molecule has 0 aliphatic rings. The standard InChI is InChI=1S/C8H11N3O2/c1-11(10)7-4-5(8(12)13)2-3-6(7)9/h2-4H,9-10H2,1H3,(H,12,13). The van der Waals surface area contributed by atoms with Crippen molar-refractivity contribution >= 4 is 17.3 Å². The molecule has 13 heavy (non-hydrogen) atoms. The summed E-state index contributed by atoms with van der Waals surface area (Å²) in [7, 11) is 1.59. The van der Waals surface area contributed by atoms with Crippen LogP contribution in [0.25, 0.3) is 0 Å². The van der Waals surface area contributed by atoms with Crippen molar-refractivity contribution in [2.75, 3.05) is 17.8 Å². The van der Waals surface area contributed by atoms with Gasteiger partial charge in [0.05, 0.1) is 16.9 Å². The minimum Gasteiger partial charge on any atom is -0.478 e. The van der Waals surface area contributed by atoms with Gasteiger partial charge in [0, 0.05) is 7.05 Å². The number of carboxylic acids is 1. The van der Waals surface area contributed by atoms with Crippen molar-refractivity contribution < 1.29 is 9.90 Å². The van der Waals surface area contributed by atoms with Crippen LogP contribution in [0.1, 0.15) is 10.4 Å². The second-order valence-electron chi connectivity index (χ2n) is 2.69. The Kier molecular flexibility index (Phi) is 2.39. The SMILES string of the molecule is CN(N)c1cc(C(=O)O)ccc1N. The molecule has 0 radical (unpaired) electrons. The van der Waals surface area contributed by atoms with Crippen molar-refractivity contribution in [3.63, 3.8) is 0 Å². The number of nitrogens with two attached hydrogens (primary N) is 2. The highest BCUT2D eigenvalue weighted by atomic mass is 16.4. The number of hydrogen-bond acceptors (Lipinski definition) is 4. The van der Waals surface area contributed by atoms with Crippen LogP contribution in [0.15, 0.2) is 18.2 Å². The van der Waals surface area contributed by atoms with Gasteiger partial charge in [0.25, 0.3) is 0 Å². The number of benzene rings is 1. The molecule has 5 nitrogen and oxygen atoms in total. The van der Waals surface area contributed by atoms with Crippen molar-refractivity contribution in [3.05, 3.63) is 23.8 Å². The largest absolute Gasteiger partial charge is 0.478 e. The molecule has 0 aromatic heterocycles. The Morgan fingerprint density at radius 1 is 1.54 bits per heavy atom. The maximum Gasteiger partial charge on any atom is 0.335 e. The second kappa shape index (κ2) is 3.32. The maximum atomic E-state index is 10.6. The molecule has 0 saturated heterocycles. The van der Waals surface area contributed by atoms with Gasteiger partial charge in [0.2, 0.25) is 0 Å². The number of carbonyl (C=O) groups is 1. The molecule has 0 bridgehead atoms. The van der Waals surface area contributed by atoms with E-state index in [1.165, 1.54) is 23.2 Å². The van der Waals surface area contributed by atoms with E-state index >= 15 is 0 Å². The summed E-state index contributed by atoms with van der Waals surface area (Å²) >= 11 is 0. The fraction of sp³-hybridized carbons (Fsp3) is 0.125. The number of rotatable bonds is 2. The first-order valence-corrected chi connectivity index (χ1v) is 3.63. The lowest BCUT2D eigenvalue weighted by Gasteiger charge is -2.14. The highest BCUT2D eigenvalue weighted by Gasteiger charge is 2.07. The number of nitrogen functional groups attached to an aromatic ring is 1. The molecule has 5 N–H and O–H groups in total. The molecule has 0 saturated carbocycles. The first-order chi connectivity index (χ1) is 6.02. The number of hydrazine groups is 1. The minimum atomic E-state index is -0.997. The third kappa shape index (κ3) is 1.88. The number of carboxylic acid groups (broad SMARTS) is 1. The summed E-state index contributed by atoms with van der Waals surface area (Å²) < 4.78 is 0. The molecule has 0 amide bonds. The first-order valence-electron chi connectivity index (χ1n) is 3.63. The van der Waals surface area contributed by atoms with Crippen LogP contribution in [0.3, 0.4) is 0 Å². The first kappa shape index (κ1) is 9.34. The van der Waals surface area contributed by atoms with Crippen LogP contribution < -0.4 is 16.6 Å². The van der Waals surface area contributed by atoms with E-state index in [1.54, 1.807) is 7.05 Å². The molecule has 70 valence electrons. The van der Waals surface area contributed by atoms with Crippen molar-refractivity contribution in [3.8, 4) is 0 Å². The molecule has 0 spiro atoms. The van der Waals surface area contributed by atoms with Gasteiger partial charge in [-0.15, -0.1) is 0 Å². The fourth-order valence-corrected chi connectivity index (χ4v) is 0.982. The van der Waals surface area contributed by atoms with Crippen LogP contribution in [-0.4, -0.2) is 18.1 Å². The van der Waals surface area contributed by atoms with E-state index in [-0.39, 0.29) is 5.56 Å². The normalized spacial score (nSPS) is 9.69. The van der Waals surface area contributed by atoms with E-state index in [1.807, 2.05) is 0 Å². The summed E-state index contributed by atoms with van der Waals surface area (Å²) in [5.41, 5.74) is 6.70. The third-order valence-corrected chi connectivity index (χ3v) is 1.66. The lowest BCUT2D eigenvalue weighted by Crippen LogP contribution is -2.26. The van der Waals surface area contributed by atoms with Gasteiger partial charge in [-0.2, -0.15) is 0 Å². The van der Waals surface area contributed by atoms with Crippen molar-refractivity contribution in [1.29, 1.82) is 0 Å². The van der Waals surface area contributed by atoms with Gasteiger partial charge in [-0.3, -0.25) is 0 Å². The van der Waals surface area contributed by atoms with Gasteiger partial charge < -0.3 is 15.8 Å². The van der Waals surface area contributed by atoms with E-state index in [0.29, 0.717) is 11.4 Å². The van der Waals surface area contributed by atoms with Crippen LogP contribution in [0.4, 0.5) is 11.4 Å². The minimum absolute atomic E-state index is 0.168. The van der Waals surface area contributed by atoms with Crippen LogP contribution in [0, 0.1) is 0 Å². The van der Waals surface area contributed by atoms with Crippen molar-refractivity contribution in [2.45, 2.75) is 0 Å². The Balaban J connectivity index is 3.19. The molecular formula is C8H11N3O2. The zero-order chi connectivity index (χ0) is 10.0. The van der Waals surface area contributed by atoms with Gasteiger partial charge in [-0.25, -0.2) is 10.6 Å². The van der Waals surface area contributed by atoms with E-state index in [9.17, 15) is 4.79 Å². The monoisotopic (exact) mass is 181 g/mol. The molecule has 1 rings (SSSR count). The molecule has 0 unspecified atom stereocenters. The summed E-state index contributed by atoms with van der Waals surface area (Å²) in [5.74, 6) is 4.45. The Bertz CT molecular complexity index is 336. The summed E-state index contributed by atoms with van der Waals surface area (Å²) in [4.78, 5) is 10.6. The molecule has 0 atom stereocenters. The average molecular weight is 181 g/mol. The van der Waals surface area contributed by atoms with Crippen molar-refractivity contribution in [2.24, 2.45) is 5.84 Å². The molecule has 0 fully saturated rings. The Morgan fingerprint density at radius 3 is 2.62 bits per heavy atom. The molecule has 0 aliphatic heterocycles. The smallest absolute Gasteiger partial charge is 0.335 e. The molecule has 1 aromatic rings. The average Bonchev–Trinajstić information content (AvgIpc) is 2.04. The van der Waals surface area contributed by atoms with Crippen LogP contribution in [0.5, 0.6) is 0 Å². The maximum absolute atomic E-state index is 10.6. The predicted octanol–water partition coefficient (Wildman–Crippen LogP) is 0.277. The van der Waals surface area contributed by atoms with Gasteiger partial charge in [0.1, 0.15) is 0 Å². The van der Waals surface area contributed by atoms with Crippen LogP contribution >= 0.6 is 0 Å². The fourth-order valence-electron chi connectivity index (χ4n) is 0.982. The van der Waals surface area contributed by atoms with Gasteiger partial charge >= 0.3 is 5.97 Å². The van der Waals surface area contributed by atoms with E-state index in [2.05, 4.69) is 0 Å². The zero-order valence-corrected chi connectivity index (χ0v) is 7.19. The van der Waals surface area contributed by atoms with E-state index in [4.69, 9.17) is 16.7 Å². The second-order valence-corrected chi connectivity index (χ2v) is 2.69. The summed E-state index contributed by atoms with van der Waals surface area (Å²) in [5, 5.41) is 9.96. The third-order valence-electron chi connectivity index (χ3n) is 1.66. The van der Waals surface area contributed by atoms with Gasteiger partial charge in [-0.1, -0.05) is 0 Å². The lowest BCUT2D eigenvalue weighted by molar-refractivity contribution is 0.0697. The van der Waals surface area contributed by atoms with E-state index < -0.39 is 5.97 Å². The predicted molar refractivity (Wildman–Crippen MR) is 50.4 cm³/mol. The molecule has 5 heteroatoms. The highest BCUT2D eigenvalue weighted by molar-refractivity contribution is 5.90. The molecule has 0 heterocycles. The van der Waals surface area contributed by atoms with Crippen molar-refractivity contribution in [1.82, 2.24) is 0 Å². The van der Waals surface area contributed by atoms with Gasteiger partial charge in [0.15, 0.2) is 0 Å². The zero-order valence-electron chi connectivity index (χ0n) is 7.19. The van der Waals surface area contributed by atoms with Gasteiger partial charge in [-0.05, 0) is 18.2 Å². The number of anilines is 2. The summed E-state index contributed by atoms with van der Waals surface area (Å²) in [6.45, 7) is 0. The Hall–Kier alpha value is -1.75. The number of aromatic carboxylic acids is 1. The van der Waals surface area contributed by atoms with Crippen LogP contribution in [-0.2, 0) is 0 Å². The summed E-state index contributed by atoms with van der Waals surface area (Å²) in [6, 6.07) is 4.38. The molecule has 0 aliphatic carbocycles.